The van der Waals surface area contributed by atoms with Crippen molar-refractivity contribution in [2.24, 2.45) is 0 Å². The molecule has 1 atom stereocenters. The zero-order valence-electron chi connectivity index (χ0n) is 10.6. The van der Waals surface area contributed by atoms with Crippen LogP contribution in [0.25, 0.3) is 0 Å². The first-order valence-corrected chi connectivity index (χ1v) is 6.72. The lowest BCUT2D eigenvalue weighted by molar-refractivity contribution is 0.171. The number of nitrogens with one attached hydrogen (secondary N) is 1. The van der Waals surface area contributed by atoms with Crippen LogP contribution in [0.4, 0.5) is 8.78 Å². The Morgan fingerprint density at radius 2 is 1.95 bits per heavy atom. The van der Waals surface area contributed by atoms with E-state index in [-0.39, 0.29) is 16.6 Å². The van der Waals surface area contributed by atoms with E-state index >= 15 is 0 Å². The van der Waals surface area contributed by atoms with Crippen molar-refractivity contribution in [1.82, 2.24) is 10.2 Å². The van der Waals surface area contributed by atoms with Gasteiger partial charge >= 0.3 is 0 Å². The molecule has 2 nitrogen and oxygen atoms in total. The maximum absolute atomic E-state index is 14.0. The summed E-state index contributed by atoms with van der Waals surface area (Å²) in [6.45, 7) is 6.94. The van der Waals surface area contributed by atoms with E-state index in [1.165, 1.54) is 0 Å². The first-order chi connectivity index (χ1) is 9.15. The van der Waals surface area contributed by atoms with Crippen LogP contribution >= 0.6 is 11.6 Å². The fourth-order valence-corrected chi connectivity index (χ4v) is 2.73. The molecule has 1 aliphatic rings. The van der Waals surface area contributed by atoms with Gasteiger partial charge < -0.3 is 5.32 Å². The first-order valence-electron chi connectivity index (χ1n) is 6.34. The molecule has 1 saturated heterocycles. The molecule has 0 aliphatic carbocycles. The molecule has 1 aromatic carbocycles. The molecule has 2 rings (SSSR count). The van der Waals surface area contributed by atoms with E-state index in [1.54, 1.807) is 6.08 Å². The molecule has 1 fully saturated rings. The standard InChI is InChI=1S/C14H17ClF2N2/c1-2-3-12(19-8-6-18-7-9-19)13-10(16)4-5-11(17)14(13)15/h2,4-5,12,18H,1,3,6-9H2/t12-/m1/s1. The van der Waals surface area contributed by atoms with Gasteiger partial charge in [-0.25, -0.2) is 8.78 Å². The van der Waals surface area contributed by atoms with Crippen molar-refractivity contribution in [2.75, 3.05) is 26.2 Å². The van der Waals surface area contributed by atoms with Crippen LogP contribution in [0.15, 0.2) is 24.8 Å². The monoisotopic (exact) mass is 286 g/mol. The lowest BCUT2D eigenvalue weighted by Gasteiger charge is -2.35. The largest absolute Gasteiger partial charge is 0.314 e. The molecule has 0 radical (unpaired) electrons. The molecule has 1 aliphatic heterocycles. The Morgan fingerprint density at radius 1 is 1.32 bits per heavy atom. The minimum absolute atomic E-state index is 0.120. The number of hydrogen-bond acceptors (Lipinski definition) is 2. The second-order valence-electron chi connectivity index (χ2n) is 4.58. The van der Waals surface area contributed by atoms with Crippen molar-refractivity contribution in [3.63, 3.8) is 0 Å². The number of halogens is 3. The van der Waals surface area contributed by atoms with Gasteiger partial charge in [0.1, 0.15) is 11.6 Å². The van der Waals surface area contributed by atoms with Crippen molar-refractivity contribution in [2.45, 2.75) is 12.5 Å². The topological polar surface area (TPSA) is 15.3 Å². The van der Waals surface area contributed by atoms with Gasteiger partial charge in [0.25, 0.3) is 0 Å². The third kappa shape index (κ3) is 3.14. The highest BCUT2D eigenvalue weighted by Gasteiger charge is 2.27. The van der Waals surface area contributed by atoms with E-state index in [0.29, 0.717) is 6.42 Å². The van der Waals surface area contributed by atoms with E-state index < -0.39 is 11.6 Å². The smallest absolute Gasteiger partial charge is 0.142 e. The highest BCUT2D eigenvalue weighted by molar-refractivity contribution is 6.31. The molecule has 104 valence electrons. The molecule has 0 unspecified atom stereocenters. The van der Waals surface area contributed by atoms with Crippen molar-refractivity contribution in [3.05, 3.63) is 47.0 Å². The van der Waals surface area contributed by atoms with Crippen molar-refractivity contribution >= 4 is 11.6 Å². The predicted octanol–water partition coefficient (Wildman–Crippen LogP) is 3.14. The van der Waals surface area contributed by atoms with Crippen LogP contribution in [0.3, 0.4) is 0 Å². The molecule has 0 aromatic heterocycles. The van der Waals surface area contributed by atoms with Crippen molar-refractivity contribution in [1.29, 1.82) is 0 Å². The molecule has 1 heterocycles. The molecule has 1 N–H and O–H groups in total. The Morgan fingerprint density at radius 3 is 2.58 bits per heavy atom. The van der Waals surface area contributed by atoms with E-state index in [4.69, 9.17) is 11.6 Å². The molecule has 1 aromatic rings. The first kappa shape index (κ1) is 14.4. The summed E-state index contributed by atoms with van der Waals surface area (Å²) in [5.41, 5.74) is 0.239. The summed E-state index contributed by atoms with van der Waals surface area (Å²) in [4.78, 5) is 2.11. The SMILES string of the molecule is C=CC[C@H](c1c(F)ccc(F)c1Cl)N1CCNCC1. The maximum atomic E-state index is 14.0. The molecular weight excluding hydrogens is 270 g/mol. The van der Waals surface area contributed by atoms with Gasteiger partial charge in [0.15, 0.2) is 0 Å². The molecule has 0 spiro atoms. The summed E-state index contributed by atoms with van der Waals surface area (Å²) in [6, 6.07) is 1.93. The molecule has 0 amide bonds. The Balaban J connectivity index is 2.37. The normalized spacial score (nSPS) is 18.3. The third-order valence-electron chi connectivity index (χ3n) is 3.39. The molecule has 0 saturated carbocycles. The van der Waals surface area contributed by atoms with E-state index in [1.807, 2.05) is 0 Å². The van der Waals surface area contributed by atoms with Crippen LogP contribution in [0.2, 0.25) is 5.02 Å². The Hall–Kier alpha value is -0.970. The zero-order chi connectivity index (χ0) is 13.8. The van der Waals surface area contributed by atoms with Crippen molar-refractivity contribution < 1.29 is 8.78 Å². The van der Waals surface area contributed by atoms with Crippen LogP contribution in [-0.4, -0.2) is 31.1 Å². The van der Waals surface area contributed by atoms with Gasteiger partial charge in [0.2, 0.25) is 0 Å². The quantitative estimate of drug-likeness (QED) is 0.676. The lowest BCUT2D eigenvalue weighted by atomic mass is 10.00. The van der Waals surface area contributed by atoms with Gasteiger partial charge in [-0.1, -0.05) is 17.7 Å². The molecule has 5 heteroatoms. The highest BCUT2D eigenvalue weighted by Crippen LogP contribution is 2.34. The van der Waals surface area contributed by atoms with Gasteiger partial charge in [-0.3, -0.25) is 4.90 Å². The number of rotatable bonds is 4. The Labute approximate surface area is 117 Å². The van der Waals surface area contributed by atoms with Gasteiger partial charge in [-0.05, 0) is 18.6 Å². The summed E-state index contributed by atoms with van der Waals surface area (Å²) >= 11 is 5.96. The molecule has 19 heavy (non-hydrogen) atoms. The van der Waals surface area contributed by atoms with E-state index in [9.17, 15) is 8.78 Å². The van der Waals surface area contributed by atoms with Crippen LogP contribution < -0.4 is 5.32 Å². The summed E-state index contributed by atoms with van der Waals surface area (Å²) in [6.07, 6.45) is 2.26. The maximum Gasteiger partial charge on any atom is 0.142 e. The number of piperazine rings is 1. The van der Waals surface area contributed by atoms with Gasteiger partial charge in [0, 0.05) is 37.8 Å². The minimum Gasteiger partial charge on any atom is -0.314 e. The number of benzene rings is 1. The van der Waals surface area contributed by atoms with Crippen LogP contribution in [0, 0.1) is 11.6 Å². The fraction of sp³-hybridized carbons (Fsp3) is 0.429. The average molecular weight is 287 g/mol. The van der Waals surface area contributed by atoms with E-state index in [0.717, 1.165) is 38.3 Å². The van der Waals surface area contributed by atoms with Crippen LogP contribution in [-0.2, 0) is 0 Å². The Bertz CT molecular complexity index is 459. The predicted molar refractivity (Wildman–Crippen MR) is 73.4 cm³/mol. The van der Waals surface area contributed by atoms with Crippen LogP contribution in [0.5, 0.6) is 0 Å². The number of nitrogens with zero attached hydrogens (tertiary/aromatic N) is 1. The minimum atomic E-state index is -0.581. The summed E-state index contributed by atoms with van der Waals surface area (Å²) in [5.74, 6) is -1.04. The lowest BCUT2D eigenvalue weighted by Crippen LogP contribution is -2.45. The second-order valence-corrected chi connectivity index (χ2v) is 4.96. The van der Waals surface area contributed by atoms with E-state index in [2.05, 4.69) is 16.8 Å². The summed E-state index contributed by atoms with van der Waals surface area (Å²) < 4.78 is 27.6. The summed E-state index contributed by atoms with van der Waals surface area (Å²) in [7, 11) is 0. The summed E-state index contributed by atoms with van der Waals surface area (Å²) in [5, 5.41) is 3.12. The highest BCUT2D eigenvalue weighted by atomic mass is 35.5. The van der Waals surface area contributed by atoms with Gasteiger partial charge in [0.05, 0.1) is 5.02 Å². The van der Waals surface area contributed by atoms with Crippen molar-refractivity contribution in [3.8, 4) is 0 Å². The fourth-order valence-electron chi connectivity index (χ4n) is 2.45. The average Bonchev–Trinajstić information content (AvgIpc) is 2.43. The van der Waals surface area contributed by atoms with Gasteiger partial charge in [-0.15, -0.1) is 6.58 Å². The van der Waals surface area contributed by atoms with Gasteiger partial charge in [-0.2, -0.15) is 0 Å². The number of hydrogen-bond donors (Lipinski definition) is 1. The van der Waals surface area contributed by atoms with Crippen LogP contribution in [0.1, 0.15) is 18.0 Å². The second kappa shape index (κ2) is 6.46. The third-order valence-corrected chi connectivity index (χ3v) is 3.78. The Kier molecular flexibility index (Phi) is 4.91. The zero-order valence-corrected chi connectivity index (χ0v) is 11.4. The molecule has 0 bridgehead atoms. The molecular formula is C14H17ClF2N2.